The highest BCUT2D eigenvalue weighted by Gasteiger charge is 2.13. The van der Waals surface area contributed by atoms with Crippen LogP contribution in [0, 0.1) is 6.92 Å². The Labute approximate surface area is 174 Å². The second-order valence-corrected chi connectivity index (χ2v) is 7.11. The molecule has 3 aromatic rings. The van der Waals surface area contributed by atoms with Gasteiger partial charge in [-0.2, -0.15) is 0 Å². The maximum absolute atomic E-state index is 13.3. The number of benzene rings is 2. The first-order valence-electron chi connectivity index (χ1n) is 9.71. The van der Waals surface area contributed by atoms with Gasteiger partial charge in [0.2, 0.25) is 0 Å². The number of fused-ring (bicyclic) bond motifs is 1. The average molecular weight is 407 g/mol. The van der Waals surface area contributed by atoms with Crippen LogP contribution in [0.1, 0.15) is 29.5 Å². The van der Waals surface area contributed by atoms with Crippen LogP contribution < -0.4 is 15.6 Å². The third-order valence-corrected chi connectivity index (χ3v) is 4.48. The Hall–Kier alpha value is -3.45. The summed E-state index contributed by atoms with van der Waals surface area (Å²) in [5.41, 5.74) is 2.19. The molecule has 1 heterocycles. The van der Waals surface area contributed by atoms with Gasteiger partial charge in [-0.1, -0.05) is 12.6 Å². The summed E-state index contributed by atoms with van der Waals surface area (Å²) >= 11 is 0. The standard InChI is InChI=1S/C23H25N3O4/c1-15(2)14-30-19-8-9-21-20(13-19)23(29)26(16(3)25-21)18-7-4-6-17(12-18)22(28)24-10-5-11-27/h4,6-9,12-13,27H,1,5,10-11,14H2,2-3H3,(H,24,28). The summed E-state index contributed by atoms with van der Waals surface area (Å²) in [6, 6.07) is 12.0. The van der Waals surface area contributed by atoms with Crippen LogP contribution in [0.2, 0.25) is 0 Å². The van der Waals surface area contributed by atoms with Gasteiger partial charge in [0.05, 0.1) is 16.6 Å². The molecule has 2 N–H and O–H groups in total. The summed E-state index contributed by atoms with van der Waals surface area (Å²) in [6.07, 6.45) is 0.481. The Morgan fingerprint density at radius 2 is 2.07 bits per heavy atom. The van der Waals surface area contributed by atoms with E-state index in [-0.39, 0.29) is 18.1 Å². The molecule has 1 aromatic heterocycles. The number of aromatic nitrogens is 2. The number of amides is 1. The summed E-state index contributed by atoms with van der Waals surface area (Å²) in [4.78, 5) is 30.1. The van der Waals surface area contributed by atoms with Crippen LogP contribution in [0.5, 0.6) is 5.75 Å². The predicted octanol–water partition coefficient (Wildman–Crippen LogP) is 2.76. The smallest absolute Gasteiger partial charge is 0.266 e. The first kappa shape index (κ1) is 21.3. The molecule has 156 valence electrons. The highest BCUT2D eigenvalue weighted by molar-refractivity contribution is 5.94. The van der Waals surface area contributed by atoms with Crippen LogP contribution in [0.3, 0.4) is 0 Å². The van der Waals surface area contributed by atoms with E-state index in [0.29, 0.717) is 53.3 Å². The van der Waals surface area contributed by atoms with Gasteiger partial charge >= 0.3 is 0 Å². The van der Waals surface area contributed by atoms with Crippen LogP contribution in [0.25, 0.3) is 16.6 Å². The molecule has 0 radical (unpaired) electrons. The summed E-state index contributed by atoms with van der Waals surface area (Å²) < 4.78 is 7.14. The maximum atomic E-state index is 13.3. The summed E-state index contributed by atoms with van der Waals surface area (Å²) in [5, 5.41) is 12.0. The minimum Gasteiger partial charge on any atom is -0.489 e. The lowest BCUT2D eigenvalue weighted by atomic mass is 10.1. The van der Waals surface area contributed by atoms with Crippen molar-refractivity contribution in [2.45, 2.75) is 20.3 Å². The molecule has 0 aliphatic carbocycles. The minimum absolute atomic E-state index is 0.00966. The molecule has 2 aromatic carbocycles. The van der Waals surface area contributed by atoms with Crippen LogP contribution in [-0.2, 0) is 0 Å². The van der Waals surface area contributed by atoms with E-state index in [1.807, 2.05) is 6.92 Å². The van der Waals surface area contributed by atoms with Crippen molar-refractivity contribution in [1.29, 1.82) is 0 Å². The zero-order valence-corrected chi connectivity index (χ0v) is 17.1. The van der Waals surface area contributed by atoms with Crippen molar-refractivity contribution in [2.24, 2.45) is 0 Å². The van der Waals surface area contributed by atoms with E-state index in [1.165, 1.54) is 4.57 Å². The number of carbonyl (C=O) groups excluding carboxylic acids is 1. The summed E-state index contributed by atoms with van der Waals surface area (Å²) in [7, 11) is 0. The topological polar surface area (TPSA) is 93.5 Å². The van der Waals surface area contributed by atoms with Crippen molar-refractivity contribution in [3.05, 3.63) is 76.4 Å². The van der Waals surface area contributed by atoms with E-state index >= 15 is 0 Å². The van der Waals surface area contributed by atoms with Crippen molar-refractivity contribution in [3.8, 4) is 11.4 Å². The zero-order chi connectivity index (χ0) is 21.7. The van der Waals surface area contributed by atoms with Gasteiger partial charge in [-0.05, 0) is 62.2 Å². The highest BCUT2D eigenvalue weighted by atomic mass is 16.5. The molecule has 0 fully saturated rings. The lowest BCUT2D eigenvalue weighted by Crippen LogP contribution is -2.26. The molecule has 7 heteroatoms. The Bertz CT molecular complexity index is 1150. The van der Waals surface area contributed by atoms with E-state index in [1.54, 1.807) is 49.4 Å². The molecule has 0 aliphatic heterocycles. The number of aryl methyl sites for hydroxylation is 1. The van der Waals surface area contributed by atoms with Gasteiger partial charge in [0.15, 0.2) is 0 Å². The molecule has 0 unspecified atom stereocenters. The van der Waals surface area contributed by atoms with Gasteiger partial charge in [-0.15, -0.1) is 0 Å². The van der Waals surface area contributed by atoms with Crippen LogP contribution in [-0.4, -0.2) is 40.3 Å². The first-order chi connectivity index (χ1) is 14.4. The van der Waals surface area contributed by atoms with Crippen molar-refractivity contribution in [3.63, 3.8) is 0 Å². The monoisotopic (exact) mass is 407 g/mol. The number of carbonyl (C=O) groups is 1. The van der Waals surface area contributed by atoms with Gasteiger partial charge < -0.3 is 15.2 Å². The third-order valence-electron chi connectivity index (χ3n) is 4.48. The normalized spacial score (nSPS) is 10.8. The molecular formula is C23H25N3O4. The van der Waals surface area contributed by atoms with Crippen LogP contribution in [0.4, 0.5) is 0 Å². The Balaban J connectivity index is 2.01. The van der Waals surface area contributed by atoms with E-state index in [2.05, 4.69) is 16.9 Å². The number of rotatable bonds is 8. The quantitative estimate of drug-likeness (QED) is 0.442. The lowest BCUT2D eigenvalue weighted by Gasteiger charge is -2.13. The average Bonchev–Trinajstić information content (AvgIpc) is 2.73. The van der Waals surface area contributed by atoms with Gasteiger partial charge in [0.25, 0.3) is 11.5 Å². The van der Waals surface area contributed by atoms with E-state index in [4.69, 9.17) is 9.84 Å². The molecule has 1 amide bonds. The Morgan fingerprint density at radius 3 is 2.80 bits per heavy atom. The Kier molecular flexibility index (Phi) is 6.64. The lowest BCUT2D eigenvalue weighted by molar-refractivity contribution is 0.0951. The number of aliphatic hydroxyl groups is 1. The van der Waals surface area contributed by atoms with E-state index in [9.17, 15) is 9.59 Å². The molecule has 0 bridgehead atoms. The molecule has 0 aliphatic rings. The van der Waals surface area contributed by atoms with Gasteiger partial charge in [-0.3, -0.25) is 14.2 Å². The molecule has 0 spiro atoms. The summed E-state index contributed by atoms with van der Waals surface area (Å²) in [6.45, 7) is 8.19. The van der Waals surface area contributed by atoms with Gasteiger partial charge in [0, 0.05) is 18.7 Å². The number of nitrogens with zero attached hydrogens (tertiary/aromatic N) is 2. The van der Waals surface area contributed by atoms with Crippen molar-refractivity contribution in [1.82, 2.24) is 14.9 Å². The molecule has 0 saturated carbocycles. The van der Waals surface area contributed by atoms with Gasteiger partial charge in [0.1, 0.15) is 18.2 Å². The van der Waals surface area contributed by atoms with Crippen molar-refractivity contribution in [2.75, 3.05) is 19.8 Å². The van der Waals surface area contributed by atoms with E-state index in [0.717, 1.165) is 5.57 Å². The SMILES string of the molecule is C=C(C)COc1ccc2nc(C)n(-c3cccc(C(=O)NCCCO)c3)c(=O)c2c1. The maximum Gasteiger partial charge on any atom is 0.266 e. The number of nitrogens with one attached hydrogen (secondary N) is 1. The Morgan fingerprint density at radius 1 is 1.27 bits per heavy atom. The molecule has 0 saturated heterocycles. The molecular weight excluding hydrogens is 382 g/mol. The predicted molar refractivity (Wildman–Crippen MR) is 116 cm³/mol. The fourth-order valence-electron chi connectivity index (χ4n) is 3.05. The van der Waals surface area contributed by atoms with Crippen molar-refractivity contribution < 1.29 is 14.6 Å². The highest BCUT2D eigenvalue weighted by Crippen LogP contribution is 2.19. The van der Waals surface area contributed by atoms with Crippen LogP contribution in [0.15, 0.2) is 59.4 Å². The fraction of sp³-hybridized carbons (Fsp3) is 0.261. The number of ether oxygens (including phenoxy) is 1. The molecule has 7 nitrogen and oxygen atoms in total. The van der Waals surface area contributed by atoms with Crippen LogP contribution >= 0.6 is 0 Å². The fourth-order valence-corrected chi connectivity index (χ4v) is 3.05. The molecule has 30 heavy (non-hydrogen) atoms. The molecule has 3 rings (SSSR count). The summed E-state index contributed by atoms with van der Waals surface area (Å²) in [5.74, 6) is 0.818. The number of hydrogen-bond donors (Lipinski definition) is 2. The molecule has 0 atom stereocenters. The third kappa shape index (κ3) is 4.75. The first-order valence-corrected chi connectivity index (χ1v) is 9.71. The second-order valence-electron chi connectivity index (χ2n) is 7.11. The van der Waals surface area contributed by atoms with Gasteiger partial charge in [-0.25, -0.2) is 4.98 Å². The minimum atomic E-state index is -0.264. The van der Waals surface area contributed by atoms with E-state index < -0.39 is 0 Å². The van der Waals surface area contributed by atoms with Crippen molar-refractivity contribution >= 4 is 16.8 Å². The number of aliphatic hydroxyl groups excluding tert-OH is 1. The zero-order valence-electron chi connectivity index (χ0n) is 17.1. The largest absolute Gasteiger partial charge is 0.489 e. The number of hydrogen-bond acceptors (Lipinski definition) is 5. The second kappa shape index (κ2) is 9.37.